The van der Waals surface area contributed by atoms with Crippen LogP contribution in [0.25, 0.3) is 0 Å². The van der Waals surface area contributed by atoms with Crippen LogP contribution in [-0.4, -0.2) is 60.9 Å². The fourth-order valence-electron chi connectivity index (χ4n) is 4.25. The summed E-state index contributed by atoms with van der Waals surface area (Å²) in [6.45, 7) is 6.11. The second-order valence-corrected chi connectivity index (χ2v) is 8.73. The first-order valence-corrected chi connectivity index (χ1v) is 11.1. The smallest absolute Gasteiger partial charge is 0.263 e. The van der Waals surface area contributed by atoms with Crippen LogP contribution in [0, 0.1) is 5.92 Å². The van der Waals surface area contributed by atoms with E-state index < -0.39 is 0 Å². The Morgan fingerprint density at radius 3 is 2.29 bits per heavy atom. The van der Waals surface area contributed by atoms with Gasteiger partial charge in [0.1, 0.15) is 6.54 Å². The number of carbonyl (C=O) groups excluding carboxylic acids is 2. The van der Waals surface area contributed by atoms with Crippen molar-refractivity contribution < 1.29 is 14.5 Å². The zero-order chi connectivity index (χ0) is 19.3. The molecule has 0 spiro atoms. The quantitative estimate of drug-likeness (QED) is 0.849. The van der Waals surface area contributed by atoms with E-state index in [4.69, 9.17) is 0 Å². The number of hydrogen-bond acceptors (Lipinski definition) is 3. The fraction of sp³-hybridized carbons (Fsp3) is 0.455. The summed E-state index contributed by atoms with van der Waals surface area (Å²) in [7, 11) is 0. The van der Waals surface area contributed by atoms with Crippen LogP contribution in [0.4, 0.5) is 0 Å². The Hall–Kier alpha value is -2.18. The topological polar surface area (TPSA) is 45.1 Å². The average Bonchev–Trinajstić information content (AvgIpc) is 3.29. The number of likely N-dealkylation sites (tertiary alicyclic amines) is 1. The minimum Gasteiger partial charge on any atom is -0.338 e. The first-order valence-electron chi connectivity index (χ1n) is 10.2. The lowest BCUT2D eigenvalue weighted by Crippen LogP contribution is -3.13. The Bertz CT molecular complexity index is 777. The van der Waals surface area contributed by atoms with Gasteiger partial charge in [0, 0.05) is 24.6 Å². The predicted molar refractivity (Wildman–Crippen MR) is 110 cm³/mol. The zero-order valence-electron chi connectivity index (χ0n) is 16.2. The van der Waals surface area contributed by atoms with E-state index in [1.807, 2.05) is 22.4 Å². The van der Waals surface area contributed by atoms with Crippen molar-refractivity contribution in [3.8, 4) is 0 Å². The van der Waals surface area contributed by atoms with E-state index in [2.05, 4.69) is 35.2 Å². The number of nitrogens with zero attached hydrogens (tertiary/aromatic N) is 2. The van der Waals surface area contributed by atoms with Gasteiger partial charge in [0.25, 0.3) is 5.91 Å². The van der Waals surface area contributed by atoms with Gasteiger partial charge in [0.05, 0.1) is 31.1 Å². The molecule has 2 saturated heterocycles. The van der Waals surface area contributed by atoms with Gasteiger partial charge in [0.2, 0.25) is 5.91 Å². The molecule has 28 heavy (non-hydrogen) atoms. The van der Waals surface area contributed by atoms with Gasteiger partial charge in [-0.3, -0.25) is 9.59 Å². The van der Waals surface area contributed by atoms with E-state index in [1.165, 1.54) is 16.9 Å². The Morgan fingerprint density at radius 2 is 1.64 bits per heavy atom. The Kier molecular flexibility index (Phi) is 6.07. The van der Waals surface area contributed by atoms with Crippen molar-refractivity contribution in [3.05, 3.63) is 58.3 Å². The molecule has 2 amide bonds. The van der Waals surface area contributed by atoms with E-state index in [1.54, 1.807) is 4.90 Å². The number of benzene rings is 1. The van der Waals surface area contributed by atoms with E-state index in [0.717, 1.165) is 50.4 Å². The highest BCUT2D eigenvalue weighted by Crippen LogP contribution is 2.22. The van der Waals surface area contributed by atoms with E-state index in [9.17, 15) is 9.59 Å². The van der Waals surface area contributed by atoms with Gasteiger partial charge >= 0.3 is 0 Å². The molecule has 148 valence electrons. The van der Waals surface area contributed by atoms with Crippen molar-refractivity contribution in [2.45, 2.75) is 19.4 Å². The lowest BCUT2D eigenvalue weighted by Gasteiger charge is -2.37. The van der Waals surface area contributed by atoms with Crippen LogP contribution < -0.4 is 4.90 Å². The van der Waals surface area contributed by atoms with Gasteiger partial charge in [0.15, 0.2) is 0 Å². The third-order valence-electron chi connectivity index (χ3n) is 5.94. The summed E-state index contributed by atoms with van der Waals surface area (Å²) in [6.07, 6.45) is 1.57. The third kappa shape index (κ3) is 4.45. The first-order chi connectivity index (χ1) is 13.7. The number of piperazine rings is 1. The molecule has 4 rings (SSSR count). The highest BCUT2D eigenvalue weighted by molar-refractivity contribution is 7.12. The minimum atomic E-state index is 0.0723. The summed E-state index contributed by atoms with van der Waals surface area (Å²) >= 11 is 1.49. The van der Waals surface area contributed by atoms with Gasteiger partial charge in [-0.2, -0.15) is 0 Å². The summed E-state index contributed by atoms with van der Waals surface area (Å²) in [5, 5.41) is 1.93. The van der Waals surface area contributed by atoms with Gasteiger partial charge in [-0.15, -0.1) is 11.3 Å². The Balaban J connectivity index is 1.23. The van der Waals surface area contributed by atoms with Crippen LogP contribution in [0.2, 0.25) is 0 Å². The third-order valence-corrected chi connectivity index (χ3v) is 6.80. The number of rotatable bonds is 4. The number of hydrogen-bond donors (Lipinski definition) is 1. The highest BCUT2D eigenvalue weighted by atomic mass is 32.1. The van der Waals surface area contributed by atoms with E-state index in [0.29, 0.717) is 19.0 Å². The molecular weight excluding hydrogens is 370 g/mol. The number of quaternary nitrogens is 1. The number of piperidine rings is 1. The standard InChI is InChI=1S/C22H27N3O2S/c26-21(19-8-10-24(11-9-19)22(27)20-7-4-16-28-20)25-14-12-23(13-15-25)17-18-5-2-1-3-6-18/h1-7,16,19H,8-15,17H2/p+1. The first kappa shape index (κ1) is 19.2. The molecule has 0 atom stereocenters. The van der Waals surface area contributed by atoms with Crippen molar-refractivity contribution in [2.24, 2.45) is 5.92 Å². The van der Waals surface area contributed by atoms with Gasteiger partial charge in [-0.25, -0.2) is 0 Å². The van der Waals surface area contributed by atoms with Crippen molar-refractivity contribution in [3.63, 3.8) is 0 Å². The van der Waals surface area contributed by atoms with E-state index >= 15 is 0 Å². The molecule has 2 fully saturated rings. The molecule has 0 aliphatic carbocycles. The molecule has 1 N–H and O–H groups in total. The summed E-state index contributed by atoms with van der Waals surface area (Å²) in [4.78, 5) is 31.7. The molecule has 2 aliphatic rings. The second kappa shape index (κ2) is 8.88. The zero-order valence-corrected chi connectivity index (χ0v) is 17.0. The van der Waals surface area contributed by atoms with Crippen molar-refractivity contribution >= 4 is 23.2 Å². The maximum atomic E-state index is 12.9. The molecule has 5 nitrogen and oxygen atoms in total. The molecule has 0 bridgehead atoms. The maximum Gasteiger partial charge on any atom is 0.263 e. The van der Waals surface area contributed by atoms with Crippen molar-refractivity contribution in [1.82, 2.24) is 9.80 Å². The number of thiophene rings is 1. The molecular formula is C22H28N3O2S+. The lowest BCUT2D eigenvalue weighted by atomic mass is 9.94. The lowest BCUT2D eigenvalue weighted by molar-refractivity contribution is -0.917. The monoisotopic (exact) mass is 398 g/mol. The highest BCUT2D eigenvalue weighted by Gasteiger charge is 2.32. The van der Waals surface area contributed by atoms with Gasteiger partial charge < -0.3 is 14.7 Å². The number of nitrogens with one attached hydrogen (secondary N) is 1. The van der Waals surface area contributed by atoms with Crippen LogP contribution in [0.15, 0.2) is 47.8 Å². The summed E-state index contributed by atoms with van der Waals surface area (Å²) < 4.78 is 0. The van der Waals surface area contributed by atoms with Crippen LogP contribution in [0.5, 0.6) is 0 Å². The minimum absolute atomic E-state index is 0.0723. The van der Waals surface area contributed by atoms with Crippen LogP contribution in [-0.2, 0) is 11.3 Å². The second-order valence-electron chi connectivity index (χ2n) is 7.78. The maximum absolute atomic E-state index is 12.9. The molecule has 0 radical (unpaired) electrons. The summed E-state index contributed by atoms with van der Waals surface area (Å²) in [5.74, 6) is 0.476. The molecule has 3 heterocycles. The SMILES string of the molecule is O=C(c1cccs1)N1CCC(C(=O)N2CC[NH+](Cc3ccccc3)CC2)CC1. The van der Waals surface area contributed by atoms with Crippen molar-refractivity contribution in [2.75, 3.05) is 39.3 Å². The summed E-state index contributed by atoms with van der Waals surface area (Å²) in [6, 6.07) is 14.4. The summed E-state index contributed by atoms with van der Waals surface area (Å²) in [5.41, 5.74) is 1.36. The molecule has 2 aromatic rings. The van der Waals surface area contributed by atoms with Crippen LogP contribution in [0.1, 0.15) is 28.1 Å². The normalized spacial score (nSPS) is 19.0. The Morgan fingerprint density at radius 1 is 0.929 bits per heavy atom. The van der Waals surface area contributed by atoms with Crippen molar-refractivity contribution in [1.29, 1.82) is 0 Å². The van der Waals surface area contributed by atoms with E-state index in [-0.39, 0.29) is 11.8 Å². The van der Waals surface area contributed by atoms with Crippen LogP contribution in [0.3, 0.4) is 0 Å². The molecule has 2 aliphatic heterocycles. The molecule has 0 saturated carbocycles. The molecule has 1 aromatic carbocycles. The molecule has 1 aromatic heterocycles. The fourth-order valence-corrected chi connectivity index (χ4v) is 4.94. The predicted octanol–water partition coefficient (Wildman–Crippen LogP) is 1.53. The largest absolute Gasteiger partial charge is 0.338 e. The van der Waals surface area contributed by atoms with Crippen LogP contribution >= 0.6 is 11.3 Å². The van der Waals surface area contributed by atoms with Gasteiger partial charge in [-0.05, 0) is 24.3 Å². The number of carbonyl (C=O) groups is 2. The Labute approximate surface area is 170 Å². The molecule has 6 heteroatoms. The number of amides is 2. The average molecular weight is 399 g/mol. The molecule has 0 unspecified atom stereocenters. The van der Waals surface area contributed by atoms with Gasteiger partial charge in [-0.1, -0.05) is 36.4 Å².